The van der Waals surface area contributed by atoms with Crippen molar-refractivity contribution in [2.24, 2.45) is 0 Å². The molecule has 0 fully saturated rings. The van der Waals surface area contributed by atoms with Crippen molar-refractivity contribution in [1.82, 2.24) is 5.32 Å². The quantitative estimate of drug-likeness (QED) is 0.736. The minimum Gasteiger partial charge on any atom is -0.387 e. The molecule has 1 aliphatic heterocycles. The van der Waals surface area contributed by atoms with Gasteiger partial charge in [-0.05, 0) is 86.1 Å². The lowest BCUT2D eigenvalue weighted by Crippen LogP contribution is -2.13. The van der Waals surface area contributed by atoms with Gasteiger partial charge in [-0.1, -0.05) is 30.4 Å². The van der Waals surface area contributed by atoms with E-state index in [1.807, 2.05) is 0 Å². The number of aryl methyl sites for hydroxylation is 3. The molecule has 0 saturated heterocycles. The van der Waals surface area contributed by atoms with E-state index in [0.29, 0.717) is 0 Å². The number of rotatable bonds is 3. The summed E-state index contributed by atoms with van der Waals surface area (Å²) in [4.78, 5) is 0. The van der Waals surface area contributed by atoms with E-state index in [1.54, 1.807) is 0 Å². The molecule has 1 aromatic carbocycles. The van der Waals surface area contributed by atoms with E-state index in [9.17, 15) is 0 Å². The predicted octanol–water partition coefficient (Wildman–Crippen LogP) is 5.39. The highest BCUT2D eigenvalue weighted by Crippen LogP contribution is 2.33. The minimum atomic E-state index is 0.915. The number of hydrogen-bond donors (Lipinski definition) is 1. The van der Waals surface area contributed by atoms with Crippen molar-refractivity contribution in [3.63, 3.8) is 0 Å². The zero-order valence-corrected chi connectivity index (χ0v) is 14.7. The summed E-state index contributed by atoms with van der Waals surface area (Å²) in [7, 11) is 0. The first-order valence-corrected chi connectivity index (χ1v) is 7.89. The Bertz CT molecular complexity index is 688. The normalized spacial score (nSPS) is 15.5. The van der Waals surface area contributed by atoms with E-state index in [0.717, 1.165) is 12.1 Å². The lowest BCUT2D eigenvalue weighted by Gasteiger charge is -2.20. The maximum Gasteiger partial charge on any atom is 0.0331 e. The fourth-order valence-corrected chi connectivity index (χ4v) is 3.27. The topological polar surface area (TPSA) is 12.0 Å². The Morgan fingerprint density at radius 3 is 2.18 bits per heavy atom. The molecule has 0 saturated carbocycles. The van der Waals surface area contributed by atoms with Crippen LogP contribution < -0.4 is 5.32 Å². The Balaban J connectivity index is 2.47. The van der Waals surface area contributed by atoms with Crippen molar-refractivity contribution >= 4 is 5.57 Å². The second-order valence-electron chi connectivity index (χ2n) is 6.36. The van der Waals surface area contributed by atoms with Gasteiger partial charge in [-0.15, -0.1) is 0 Å². The Hall–Kier alpha value is -2.02. The SMILES string of the molecule is C=C(/C(C)=C(\C)C1=CNCC=C1C)c1c(C)cc(C)cc1C. The molecule has 0 unspecified atom stereocenters. The summed E-state index contributed by atoms with van der Waals surface area (Å²) in [5.41, 5.74) is 11.5. The van der Waals surface area contributed by atoms with Crippen LogP contribution in [0.25, 0.3) is 5.57 Å². The van der Waals surface area contributed by atoms with Crippen LogP contribution in [-0.2, 0) is 0 Å². The summed E-state index contributed by atoms with van der Waals surface area (Å²) < 4.78 is 0. The van der Waals surface area contributed by atoms with Gasteiger partial charge in [-0.2, -0.15) is 0 Å². The summed E-state index contributed by atoms with van der Waals surface area (Å²) >= 11 is 0. The van der Waals surface area contributed by atoms with Gasteiger partial charge in [0.15, 0.2) is 0 Å². The van der Waals surface area contributed by atoms with E-state index >= 15 is 0 Å². The van der Waals surface area contributed by atoms with E-state index in [1.165, 1.54) is 44.5 Å². The maximum absolute atomic E-state index is 4.39. The van der Waals surface area contributed by atoms with Gasteiger partial charge in [0, 0.05) is 12.7 Å². The summed E-state index contributed by atoms with van der Waals surface area (Å²) in [6, 6.07) is 4.48. The molecule has 0 amide bonds. The molecule has 0 radical (unpaired) electrons. The first kappa shape index (κ1) is 16.4. The van der Waals surface area contributed by atoms with Crippen LogP contribution in [0.5, 0.6) is 0 Å². The van der Waals surface area contributed by atoms with E-state index in [4.69, 9.17) is 0 Å². The van der Waals surface area contributed by atoms with Crippen molar-refractivity contribution in [2.75, 3.05) is 6.54 Å². The molecule has 0 atom stereocenters. The van der Waals surface area contributed by atoms with Crippen LogP contribution in [0.3, 0.4) is 0 Å². The number of hydrogen-bond acceptors (Lipinski definition) is 1. The number of allylic oxidation sites excluding steroid dienone is 5. The third-order valence-corrected chi connectivity index (χ3v) is 4.60. The van der Waals surface area contributed by atoms with E-state index in [2.05, 4.69) is 77.8 Å². The van der Waals surface area contributed by atoms with E-state index < -0.39 is 0 Å². The largest absolute Gasteiger partial charge is 0.387 e. The van der Waals surface area contributed by atoms with Gasteiger partial charge in [0.1, 0.15) is 0 Å². The van der Waals surface area contributed by atoms with Gasteiger partial charge in [-0.25, -0.2) is 0 Å². The fourth-order valence-electron chi connectivity index (χ4n) is 3.27. The molecule has 1 N–H and O–H groups in total. The molecule has 1 aliphatic rings. The van der Waals surface area contributed by atoms with Crippen LogP contribution >= 0.6 is 0 Å². The smallest absolute Gasteiger partial charge is 0.0331 e. The number of nitrogens with one attached hydrogen (secondary N) is 1. The average Bonchev–Trinajstić information content (AvgIpc) is 2.45. The lowest BCUT2D eigenvalue weighted by atomic mass is 9.86. The van der Waals surface area contributed by atoms with Crippen molar-refractivity contribution < 1.29 is 0 Å². The van der Waals surface area contributed by atoms with E-state index in [-0.39, 0.29) is 0 Å². The molecule has 0 aliphatic carbocycles. The van der Waals surface area contributed by atoms with Crippen molar-refractivity contribution in [3.05, 3.63) is 75.5 Å². The molecule has 1 nitrogen and oxygen atoms in total. The second-order valence-corrected chi connectivity index (χ2v) is 6.36. The standard InChI is InChI=1S/C21H27N/c1-13-10-15(3)21(16(4)11-13)19(7)17(5)18(6)20-12-22-9-8-14(20)2/h8,10-12,22H,7,9H2,1-6H3/b18-17+. The first-order valence-electron chi connectivity index (χ1n) is 7.89. The number of benzene rings is 1. The molecule has 116 valence electrons. The van der Waals surface area contributed by atoms with Gasteiger partial charge >= 0.3 is 0 Å². The molecule has 2 rings (SSSR count). The van der Waals surface area contributed by atoms with Crippen LogP contribution in [0.15, 0.2) is 53.3 Å². The Morgan fingerprint density at radius 1 is 1.05 bits per heavy atom. The van der Waals surface area contributed by atoms with Gasteiger partial charge < -0.3 is 5.32 Å². The van der Waals surface area contributed by atoms with Crippen molar-refractivity contribution in [2.45, 2.75) is 41.5 Å². The molecule has 0 aromatic heterocycles. The highest BCUT2D eigenvalue weighted by Gasteiger charge is 2.14. The van der Waals surface area contributed by atoms with Gasteiger partial charge in [0.05, 0.1) is 0 Å². The summed E-state index contributed by atoms with van der Waals surface area (Å²) in [6.45, 7) is 18.4. The molecule has 0 spiro atoms. The molecule has 22 heavy (non-hydrogen) atoms. The van der Waals surface area contributed by atoms with Crippen molar-refractivity contribution in [3.8, 4) is 0 Å². The monoisotopic (exact) mass is 293 g/mol. The molecule has 1 aromatic rings. The summed E-state index contributed by atoms with van der Waals surface area (Å²) in [5.74, 6) is 0. The highest BCUT2D eigenvalue weighted by molar-refractivity contribution is 5.82. The van der Waals surface area contributed by atoms with Gasteiger partial charge in [-0.3, -0.25) is 0 Å². The van der Waals surface area contributed by atoms with Gasteiger partial charge in [0.2, 0.25) is 0 Å². The molecular formula is C21H27N. The highest BCUT2D eigenvalue weighted by atomic mass is 14.8. The number of dihydropyridines is 1. The van der Waals surface area contributed by atoms with Crippen LogP contribution in [0, 0.1) is 20.8 Å². The van der Waals surface area contributed by atoms with Gasteiger partial charge in [0.25, 0.3) is 0 Å². The first-order chi connectivity index (χ1) is 10.3. The minimum absolute atomic E-state index is 0.915. The second kappa shape index (κ2) is 6.39. The zero-order chi connectivity index (χ0) is 16.4. The maximum atomic E-state index is 4.39. The Morgan fingerprint density at radius 2 is 1.64 bits per heavy atom. The summed E-state index contributed by atoms with van der Waals surface area (Å²) in [6.07, 6.45) is 4.35. The predicted molar refractivity (Wildman–Crippen MR) is 97.9 cm³/mol. The molecular weight excluding hydrogens is 266 g/mol. The Labute approximate surface area is 135 Å². The van der Waals surface area contributed by atoms with Crippen LogP contribution in [0.1, 0.15) is 43.0 Å². The third-order valence-electron chi connectivity index (χ3n) is 4.60. The summed E-state index contributed by atoms with van der Waals surface area (Å²) in [5, 5.41) is 3.31. The van der Waals surface area contributed by atoms with Crippen LogP contribution in [-0.4, -0.2) is 6.54 Å². The molecule has 1 heteroatoms. The fraction of sp³-hybridized carbons (Fsp3) is 0.333. The zero-order valence-electron chi connectivity index (χ0n) is 14.7. The Kier molecular flexibility index (Phi) is 4.75. The lowest BCUT2D eigenvalue weighted by molar-refractivity contribution is 0.937. The average molecular weight is 293 g/mol. The van der Waals surface area contributed by atoms with Crippen LogP contribution in [0.4, 0.5) is 0 Å². The van der Waals surface area contributed by atoms with Crippen LogP contribution in [0.2, 0.25) is 0 Å². The van der Waals surface area contributed by atoms with Crippen molar-refractivity contribution in [1.29, 1.82) is 0 Å². The third kappa shape index (κ3) is 3.09. The molecule has 0 bridgehead atoms. The molecule has 1 heterocycles.